The Morgan fingerprint density at radius 3 is 1.03 bits per heavy atom. The first-order valence-electron chi connectivity index (χ1n) is 14.9. The molecule has 9 nitrogen and oxygen atoms in total. The molecule has 0 aromatic rings. The van der Waals surface area contributed by atoms with Crippen molar-refractivity contribution in [3.05, 3.63) is 20.2 Å². The van der Waals surface area contributed by atoms with Gasteiger partial charge in [0.25, 0.3) is 5.54 Å². The Hall–Kier alpha value is -1.32. The fourth-order valence-electron chi connectivity index (χ4n) is 4.58. The highest BCUT2D eigenvalue weighted by Crippen LogP contribution is 2.25. The predicted octanol–water partition coefficient (Wildman–Crippen LogP) is 6.84. The van der Waals surface area contributed by atoms with Crippen LogP contribution >= 0.6 is 0 Å². The summed E-state index contributed by atoms with van der Waals surface area (Å²) in [5, 5.41) is 49.3. The largest absolute Gasteiger partial charge is 0.389 e. The first kappa shape index (κ1) is 37.8. The summed E-state index contributed by atoms with van der Waals surface area (Å²) in [7, 11) is 0. The van der Waals surface area contributed by atoms with Gasteiger partial charge in [-0.05, 0) is 19.3 Å². The average Bonchev–Trinajstić information content (AvgIpc) is 2.89. The van der Waals surface area contributed by atoms with Crippen LogP contribution in [-0.4, -0.2) is 56.1 Å². The number of hydrogen-bond donors (Lipinski definition) is 3. The van der Waals surface area contributed by atoms with Crippen molar-refractivity contribution in [2.75, 3.05) is 19.8 Å². The van der Waals surface area contributed by atoms with Crippen molar-refractivity contribution in [2.45, 2.75) is 160 Å². The molecule has 0 aliphatic rings. The molecule has 0 aromatic carbocycles. The van der Waals surface area contributed by atoms with Gasteiger partial charge >= 0.3 is 0 Å². The van der Waals surface area contributed by atoms with E-state index in [1.807, 2.05) is 6.92 Å². The monoisotopic (exact) mass is 534 g/mol. The molecule has 0 aliphatic heterocycles. The van der Waals surface area contributed by atoms with Gasteiger partial charge in [0.05, 0.1) is 0 Å². The van der Waals surface area contributed by atoms with Crippen LogP contribution in [-0.2, 0) is 0 Å². The van der Waals surface area contributed by atoms with Crippen LogP contribution in [0.25, 0.3) is 0 Å². The van der Waals surface area contributed by atoms with E-state index < -0.39 is 29.2 Å². The standard InChI is InChI=1S/C16H33NO3.C12H25NO4/c1-3-5-6-7-8-9-10-11-12-14-16(15-18,13-4-2)17(19)20;1-2-3-4-5-6-7-8-9-12(10-14,11-15)13(16)17/h18H,3-15H2,1-2H3;14-15H,2-11H2,1H3. The molecule has 0 radical (unpaired) electrons. The van der Waals surface area contributed by atoms with Crippen molar-refractivity contribution < 1.29 is 25.2 Å². The van der Waals surface area contributed by atoms with Crippen molar-refractivity contribution in [1.82, 2.24) is 0 Å². The number of nitro groups is 2. The molecule has 37 heavy (non-hydrogen) atoms. The maximum Gasteiger partial charge on any atom is 0.267 e. The second-order valence-electron chi connectivity index (χ2n) is 10.6. The quantitative estimate of drug-likeness (QED) is 0.0659. The van der Waals surface area contributed by atoms with E-state index in [9.17, 15) is 25.3 Å². The Morgan fingerprint density at radius 2 is 0.757 bits per heavy atom. The maximum absolute atomic E-state index is 11.2. The zero-order valence-electron chi connectivity index (χ0n) is 24.1. The maximum atomic E-state index is 11.2. The lowest BCUT2D eigenvalue weighted by atomic mass is 9.89. The summed E-state index contributed by atoms with van der Waals surface area (Å²) in [6.07, 6.45) is 20.4. The lowest BCUT2D eigenvalue weighted by molar-refractivity contribution is -0.578. The first-order chi connectivity index (χ1) is 17.8. The molecular formula is C28H58N2O7. The fraction of sp³-hybridized carbons (Fsp3) is 1.00. The summed E-state index contributed by atoms with van der Waals surface area (Å²) in [5.74, 6) is 0. The number of hydrogen-bond acceptors (Lipinski definition) is 7. The summed E-state index contributed by atoms with van der Waals surface area (Å²) >= 11 is 0. The third-order valence-electron chi connectivity index (χ3n) is 7.36. The molecule has 222 valence electrons. The van der Waals surface area contributed by atoms with Gasteiger partial charge in [0.2, 0.25) is 5.54 Å². The Balaban J connectivity index is 0. The zero-order valence-corrected chi connectivity index (χ0v) is 24.1. The Bertz CT molecular complexity index is 545. The van der Waals surface area contributed by atoms with E-state index in [4.69, 9.17) is 10.2 Å². The van der Waals surface area contributed by atoms with E-state index in [-0.39, 0.29) is 18.0 Å². The molecule has 0 aromatic heterocycles. The van der Waals surface area contributed by atoms with Gasteiger partial charge in [-0.15, -0.1) is 0 Å². The minimum atomic E-state index is -1.54. The van der Waals surface area contributed by atoms with E-state index in [1.54, 1.807) is 0 Å². The lowest BCUT2D eigenvalue weighted by Crippen LogP contribution is -2.45. The highest BCUT2D eigenvalue weighted by Gasteiger charge is 2.41. The predicted molar refractivity (Wildman–Crippen MR) is 150 cm³/mol. The van der Waals surface area contributed by atoms with Crippen LogP contribution < -0.4 is 0 Å². The number of rotatable bonds is 25. The van der Waals surface area contributed by atoms with Gasteiger partial charge in [-0.3, -0.25) is 20.2 Å². The summed E-state index contributed by atoms with van der Waals surface area (Å²) < 4.78 is 0. The summed E-state index contributed by atoms with van der Waals surface area (Å²) in [5.41, 5.74) is -2.63. The Labute approximate surface area is 225 Å². The van der Waals surface area contributed by atoms with E-state index >= 15 is 0 Å². The minimum Gasteiger partial charge on any atom is -0.389 e. The molecule has 0 spiro atoms. The van der Waals surface area contributed by atoms with Crippen molar-refractivity contribution in [1.29, 1.82) is 0 Å². The number of aliphatic hydroxyl groups is 3. The van der Waals surface area contributed by atoms with Crippen LogP contribution in [0.15, 0.2) is 0 Å². The smallest absolute Gasteiger partial charge is 0.267 e. The van der Waals surface area contributed by atoms with Crippen LogP contribution in [0.1, 0.15) is 149 Å². The second kappa shape index (κ2) is 25.0. The highest BCUT2D eigenvalue weighted by atomic mass is 16.6. The van der Waals surface area contributed by atoms with Gasteiger partial charge in [0.1, 0.15) is 19.8 Å². The molecular weight excluding hydrogens is 476 g/mol. The second-order valence-corrected chi connectivity index (χ2v) is 10.6. The topological polar surface area (TPSA) is 147 Å². The van der Waals surface area contributed by atoms with Crippen LogP contribution in [0, 0.1) is 20.2 Å². The molecule has 0 saturated heterocycles. The van der Waals surface area contributed by atoms with E-state index in [0.717, 1.165) is 44.9 Å². The van der Waals surface area contributed by atoms with Crippen LogP contribution in [0.3, 0.4) is 0 Å². The van der Waals surface area contributed by atoms with Crippen LogP contribution in [0.5, 0.6) is 0 Å². The van der Waals surface area contributed by atoms with Gasteiger partial charge in [0, 0.05) is 29.1 Å². The van der Waals surface area contributed by atoms with Gasteiger partial charge in [0.15, 0.2) is 0 Å². The first-order valence-corrected chi connectivity index (χ1v) is 14.9. The van der Waals surface area contributed by atoms with E-state index in [1.165, 1.54) is 57.8 Å². The molecule has 1 atom stereocenters. The van der Waals surface area contributed by atoms with Crippen LogP contribution in [0.4, 0.5) is 0 Å². The molecule has 0 bridgehead atoms. The Kier molecular flexibility index (Phi) is 25.5. The normalized spacial score (nSPS) is 13.0. The molecule has 3 N–H and O–H groups in total. The average molecular weight is 535 g/mol. The fourth-order valence-corrected chi connectivity index (χ4v) is 4.58. The van der Waals surface area contributed by atoms with Crippen molar-refractivity contribution >= 4 is 0 Å². The Morgan fingerprint density at radius 1 is 0.459 bits per heavy atom. The summed E-state index contributed by atoms with van der Waals surface area (Å²) in [6.45, 7) is 4.81. The molecule has 1 unspecified atom stereocenters. The summed E-state index contributed by atoms with van der Waals surface area (Å²) in [6, 6.07) is 0. The molecule has 0 heterocycles. The zero-order chi connectivity index (χ0) is 28.4. The van der Waals surface area contributed by atoms with Gasteiger partial charge < -0.3 is 15.3 Å². The van der Waals surface area contributed by atoms with Gasteiger partial charge in [-0.2, -0.15) is 0 Å². The minimum absolute atomic E-state index is 0.251. The summed E-state index contributed by atoms with van der Waals surface area (Å²) in [4.78, 5) is 21.1. The van der Waals surface area contributed by atoms with Crippen molar-refractivity contribution in [3.8, 4) is 0 Å². The third-order valence-corrected chi connectivity index (χ3v) is 7.36. The van der Waals surface area contributed by atoms with Crippen LogP contribution in [0.2, 0.25) is 0 Å². The van der Waals surface area contributed by atoms with E-state index in [0.29, 0.717) is 19.3 Å². The van der Waals surface area contributed by atoms with E-state index in [2.05, 4.69) is 13.8 Å². The van der Waals surface area contributed by atoms with Gasteiger partial charge in [-0.1, -0.05) is 111 Å². The third kappa shape index (κ3) is 17.7. The van der Waals surface area contributed by atoms with Crippen molar-refractivity contribution in [2.24, 2.45) is 0 Å². The van der Waals surface area contributed by atoms with Gasteiger partial charge in [-0.25, -0.2) is 0 Å². The molecule has 0 rings (SSSR count). The highest BCUT2D eigenvalue weighted by molar-refractivity contribution is 4.78. The molecule has 9 heteroatoms. The lowest BCUT2D eigenvalue weighted by Gasteiger charge is -2.22. The number of nitrogens with zero attached hydrogens (tertiary/aromatic N) is 2. The van der Waals surface area contributed by atoms with Crippen molar-refractivity contribution in [3.63, 3.8) is 0 Å². The molecule has 0 aliphatic carbocycles. The molecule has 0 amide bonds. The molecule has 0 fully saturated rings. The molecule has 0 saturated carbocycles. The number of aliphatic hydroxyl groups excluding tert-OH is 3. The SMILES string of the molecule is CCCCCCCCCC(CO)(CO)[N+](=O)[O-].CCCCCCCCCCCC(CO)(CCC)[N+](=O)[O-]. The number of unbranched alkanes of at least 4 members (excludes halogenated alkanes) is 14.